The Kier molecular flexibility index (Phi) is 3.31. The fourth-order valence-electron chi connectivity index (χ4n) is 2.93. The van der Waals surface area contributed by atoms with Gasteiger partial charge in [-0.3, -0.25) is 4.79 Å². The zero-order valence-electron chi connectivity index (χ0n) is 11.8. The number of carbonyl (C=O) groups excluding carboxylic acids is 1. The van der Waals surface area contributed by atoms with Crippen molar-refractivity contribution in [2.24, 2.45) is 0 Å². The standard InChI is InChI=1S/C18H18O2/c1-12-9-13(2)11-14(10-12)18(19)16-7-8-20-17-6-4-3-5-15(16)17/h3-6,9-11,16H,7-8H2,1-2H3. The second-order valence-electron chi connectivity index (χ2n) is 5.47. The van der Waals surface area contributed by atoms with Gasteiger partial charge in [-0.2, -0.15) is 0 Å². The molecule has 102 valence electrons. The molecule has 20 heavy (non-hydrogen) atoms. The van der Waals surface area contributed by atoms with Gasteiger partial charge in [0.05, 0.1) is 12.5 Å². The number of ether oxygens (including phenoxy) is 1. The Morgan fingerprint density at radius 2 is 1.80 bits per heavy atom. The van der Waals surface area contributed by atoms with Crippen molar-refractivity contribution in [1.29, 1.82) is 0 Å². The highest BCUT2D eigenvalue weighted by Gasteiger charge is 2.28. The van der Waals surface area contributed by atoms with Gasteiger partial charge in [0.15, 0.2) is 5.78 Å². The molecule has 0 aromatic heterocycles. The van der Waals surface area contributed by atoms with E-state index >= 15 is 0 Å². The van der Waals surface area contributed by atoms with Gasteiger partial charge in [-0.25, -0.2) is 0 Å². The number of rotatable bonds is 2. The van der Waals surface area contributed by atoms with E-state index in [1.165, 1.54) is 0 Å². The zero-order valence-corrected chi connectivity index (χ0v) is 11.8. The summed E-state index contributed by atoms with van der Waals surface area (Å²) >= 11 is 0. The van der Waals surface area contributed by atoms with E-state index in [1.807, 2.05) is 50.2 Å². The zero-order chi connectivity index (χ0) is 14.1. The molecule has 1 atom stereocenters. The minimum absolute atomic E-state index is 0.0823. The number of carbonyl (C=O) groups is 1. The summed E-state index contributed by atoms with van der Waals surface area (Å²) in [5.74, 6) is 0.968. The highest BCUT2D eigenvalue weighted by Crippen LogP contribution is 2.35. The molecule has 2 nitrogen and oxygen atoms in total. The Bertz CT molecular complexity index is 638. The van der Waals surface area contributed by atoms with Crippen LogP contribution in [0.2, 0.25) is 0 Å². The SMILES string of the molecule is Cc1cc(C)cc(C(=O)C2CCOc3ccccc32)c1. The molecule has 1 aliphatic rings. The maximum atomic E-state index is 12.8. The number of hydrogen-bond donors (Lipinski definition) is 0. The summed E-state index contributed by atoms with van der Waals surface area (Å²) in [6, 6.07) is 13.9. The minimum Gasteiger partial charge on any atom is -0.493 e. The van der Waals surface area contributed by atoms with Crippen molar-refractivity contribution in [2.75, 3.05) is 6.61 Å². The van der Waals surface area contributed by atoms with Gasteiger partial charge in [0.2, 0.25) is 0 Å². The fraction of sp³-hybridized carbons (Fsp3) is 0.278. The quantitative estimate of drug-likeness (QED) is 0.766. The van der Waals surface area contributed by atoms with Crippen molar-refractivity contribution < 1.29 is 9.53 Å². The Morgan fingerprint density at radius 3 is 2.55 bits per heavy atom. The molecular weight excluding hydrogens is 248 g/mol. The minimum atomic E-state index is -0.0823. The highest BCUT2D eigenvalue weighted by atomic mass is 16.5. The van der Waals surface area contributed by atoms with Crippen molar-refractivity contribution in [2.45, 2.75) is 26.2 Å². The number of Topliss-reactive ketones (excluding diaryl/α,β-unsaturated/α-hetero) is 1. The van der Waals surface area contributed by atoms with E-state index in [9.17, 15) is 4.79 Å². The van der Waals surface area contributed by atoms with Crippen molar-refractivity contribution in [3.8, 4) is 5.75 Å². The van der Waals surface area contributed by atoms with Crippen LogP contribution >= 0.6 is 0 Å². The number of benzene rings is 2. The van der Waals surface area contributed by atoms with E-state index in [4.69, 9.17) is 4.74 Å². The third-order valence-electron chi connectivity index (χ3n) is 3.78. The molecule has 0 radical (unpaired) electrons. The smallest absolute Gasteiger partial charge is 0.170 e. The highest BCUT2D eigenvalue weighted by molar-refractivity contribution is 6.01. The Morgan fingerprint density at radius 1 is 1.10 bits per heavy atom. The van der Waals surface area contributed by atoms with Crippen molar-refractivity contribution in [3.05, 3.63) is 64.7 Å². The van der Waals surface area contributed by atoms with Gasteiger partial charge in [-0.05, 0) is 38.5 Å². The Hall–Kier alpha value is -2.09. The number of para-hydroxylation sites is 1. The maximum absolute atomic E-state index is 12.8. The number of aryl methyl sites for hydroxylation is 2. The van der Waals surface area contributed by atoms with Crippen LogP contribution in [0.1, 0.15) is 39.4 Å². The van der Waals surface area contributed by atoms with Crippen LogP contribution in [0, 0.1) is 13.8 Å². The van der Waals surface area contributed by atoms with E-state index < -0.39 is 0 Å². The second-order valence-corrected chi connectivity index (χ2v) is 5.47. The summed E-state index contributed by atoms with van der Waals surface area (Å²) in [7, 11) is 0. The van der Waals surface area contributed by atoms with E-state index in [1.54, 1.807) is 0 Å². The number of hydrogen-bond acceptors (Lipinski definition) is 2. The largest absolute Gasteiger partial charge is 0.493 e. The van der Waals surface area contributed by atoms with Crippen molar-refractivity contribution in [1.82, 2.24) is 0 Å². The predicted octanol–water partition coefficient (Wildman–Crippen LogP) is 4.05. The molecule has 1 heterocycles. The molecule has 0 saturated carbocycles. The number of fused-ring (bicyclic) bond motifs is 1. The van der Waals surface area contributed by atoms with Gasteiger partial charge < -0.3 is 4.74 Å². The van der Waals surface area contributed by atoms with E-state index in [-0.39, 0.29) is 11.7 Å². The van der Waals surface area contributed by atoms with E-state index in [0.29, 0.717) is 6.61 Å². The van der Waals surface area contributed by atoms with Crippen LogP contribution in [-0.2, 0) is 0 Å². The van der Waals surface area contributed by atoms with Crippen LogP contribution in [0.5, 0.6) is 5.75 Å². The lowest BCUT2D eigenvalue weighted by atomic mass is 9.85. The summed E-state index contributed by atoms with van der Waals surface area (Å²) in [6.45, 7) is 4.67. The lowest BCUT2D eigenvalue weighted by Gasteiger charge is -2.25. The van der Waals surface area contributed by atoms with Crippen LogP contribution in [-0.4, -0.2) is 12.4 Å². The average molecular weight is 266 g/mol. The number of ketones is 1. The molecule has 1 unspecified atom stereocenters. The molecule has 0 N–H and O–H groups in total. The first-order valence-electron chi connectivity index (χ1n) is 6.99. The van der Waals surface area contributed by atoms with Crippen molar-refractivity contribution in [3.63, 3.8) is 0 Å². The summed E-state index contributed by atoms with van der Waals surface area (Å²) in [4.78, 5) is 12.8. The molecule has 3 rings (SSSR count). The van der Waals surface area contributed by atoms with Gasteiger partial charge in [-0.1, -0.05) is 35.4 Å². The normalized spacial score (nSPS) is 17.2. The first-order valence-corrected chi connectivity index (χ1v) is 6.99. The fourth-order valence-corrected chi connectivity index (χ4v) is 2.93. The van der Waals surface area contributed by atoms with Gasteiger partial charge >= 0.3 is 0 Å². The summed E-state index contributed by atoms with van der Waals surface area (Å²) < 4.78 is 5.63. The van der Waals surface area contributed by atoms with E-state index in [2.05, 4.69) is 6.07 Å². The predicted molar refractivity (Wildman–Crippen MR) is 79.5 cm³/mol. The van der Waals surface area contributed by atoms with Crippen LogP contribution in [0.25, 0.3) is 0 Å². The molecule has 0 aliphatic carbocycles. The third-order valence-corrected chi connectivity index (χ3v) is 3.78. The molecule has 0 amide bonds. The van der Waals surface area contributed by atoms with Gasteiger partial charge in [0.25, 0.3) is 0 Å². The Labute approximate surface area is 119 Å². The molecule has 0 spiro atoms. The molecule has 0 saturated heterocycles. The van der Waals surface area contributed by atoms with Crippen LogP contribution in [0.15, 0.2) is 42.5 Å². The van der Waals surface area contributed by atoms with Gasteiger partial charge in [0.1, 0.15) is 5.75 Å². The summed E-state index contributed by atoms with van der Waals surface area (Å²) in [6.07, 6.45) is 0.753. The lowest BCUT2D eigenvalue weighted by molar-refractivity contribution is 0.0933. The van der Waals surface area contributed by atoms with E-state index in [0.717, 1.165) is 34.4 Å². The van der Waals surface area contributed by atoms with Gasteiger partial charge in [0, 0.05) is 11.1 Å². The topological polar surface area (TPSA) is 26.3 Å². The summed E-state index contributed by atoms with van der Waals surface area (Å²) in [5.41, 5.74) is 4.09. The van der Waals surface area contributed by atoms with Gasteiger partial charge in [-0.15, -0.1) is 0 Å². The Balaban J connectivity index is 1.99. The second kappa shape index (κ2) is 5.12. The molecule has 0 bridgehead atoms. The first kappa shape index (κ1) is 12.9. The molecule has 2 aromatic carbocycles. The third kappa shape index (κ3) is 2.34. The van der Waals surface area contributed by atoms with Crippen LogP contribution in [0.4, 0.5) is 0 Å². The lowest BCUT2D eigenvalue weighted by Crippen LogP contribution is -2.21. The van der Waals surface area contributed by atoms with Crippen LogP contribution < -0.4 is 4.74 Å². The maximum Gasteiger partial charge on any atom is 0.170 e. The van der Waals surface area contributed by atoms with Crippen LogP contribution in [0.3, 0.4) is 0 Å². The monoisotopic (exact) mass is 266 g/mol. The average Bonchev–Trinajstić information content (AvgIpc) is 2.45. The molecular formula is C18H18O2. The molecule has 1 aliphatic heterocycles. The molecule has 2 heteroatoms. The van der Waals surface area contributed by atoms with Crippen molar-refractivity contribution >= 4 is 5.78 Å². The first-order chi connectivity index (χ1) is 9.65. The summed E-state index contributed by atoms with van der Waals surface area (Å²) in [5, 5.41) is 0. The molecule has 2 aromatic rings. The molecule has 0 fully saturated rings.